The van der Waals surface area contributed by atoms with Crippen LogP contribution in [0.15, 0.2) is 78.9 Å². The van der Waals surface area contributed by atoms with Gasteiger partial charge in [-0.05, 0) is 42.5 Å². The number of nitrogens with two attached hydrogens (primary N) is 1. The fraction of sp³-hybridized carbons (Fsp3) is 0. The molecule has 154 valence electrons. The first-order valence-corrected chi connectivity index (χ1v) is 9.29. The van der Waals surface area contributed by atoms with Crippen LogP contribution in [0.5, 0.6) is 0 Å². The molecule has 31 heavy (non-hydrogen) atoms. The molecule has 0 fully saturated rings. The number of halogens is 1. The van der Waals surface area contributed by atoms with Crippen LogP contribution < -0.4 is 16.2 Å². The molecular formula is C23H17FN4O3. The van der Waals surface area contributed by atoms with Crippen molar-refractivity contribution in [1.82, 2.24) is 10.4 Å². The van der Waals surface area contributed by atoms with Gasteiger partial charge in [0.05, 0.1) is 28.1 Å². The number of nitrogens with one attached hydrogen (secondary N) is 1. The van der Waals surface area contributed by atoms with Gasteiger partial charge in [0, 0.05) is 10.9 Å². The summed E-state index contributed by atoms with van der Waals surface area (Å²) in [6, 6.07) is 20.6. The van der Waals surface area contributed by atoms with E-state index < -0.39 is 17.8 Å². The van der Waals surface area contributed by atoms with Gasteiger partial charge in [-0.1, -0.05) is 36.4 Å². The Bertz CT molecular complexity index is 1280. The van der Waals surface area contributed by atoms with Crippen molar-refractivity contribution in [2.24, 2.45) is 0 Å². The van der Waals surface area contributed by atoms with E-state index in [0.29, 0.717) is 27.2 Å². The molecule has 0 radical (unpaired) electrons. The fourth-order valence-electron chi connectivity index (χ4n) is 3.26. The van der Waals surface area contributed by atoms with Crippen LogP contribution in [0.4, 0.5) is 20.6 Å². The van der Waals surface area contributed by atoms with Crippen LogP contribution in [0.2, 0.25) is 0 Å². The van der Waals surface area contributed by atoms with Gasteiger partial charge in [0.15, 0.2) is 0 Å². The highest BCUT2D eigenvalue weighted by Crippen LogP contribution is 2.32. The van der Waals surface area contributed by atoms with E-state index in [2.05, 4.69) is 10.4 Å². The Morgan fingerprint density at radius 1 is 0.935 bits per heavy atom. The zero-order valence-corrected chi connectivity index (χ0v) is 16.1. The second kappa shape index (κ2) is 8.11. The van der Waals surface area contributed by atoms with Gasteiger partial charge in [-0.3, -0.25) is 10.2 Å². The summed E-state index contributed by atoms with van der Waals surface area (Å²) in [6.45, 7) is 0. The van der Waals surface area contributed by atoms with Crippen molar-refractivity contribution in [1.29, 1.82) is 0 Å². The number of anilines is 2. The zero-order chi connectivity index (χ0) is 22.0. The number of carbonyl (C=O) groups is 2. The molecule has 0 bridgehead atoms. The molecule has 0 aliphatic heterocycles. The van der Waals surface area contributed by atoms with Gasteiger partial charge in [0.25, 0.3) is 5.91 Å². The van der Waals surface area contributed by atoms with Crippen molar-refractivity contribution in [3.8, 4) is 11.3 Å². The number of para-hydroxylation sites is 2. The average molecular weight is 416 g/mol. The van der Waals surface area contributed by atoms with Crippen LogP contribution in [0.1, 0.15) is 10.4 Å². The summed E-state index contributed by atoms with van der Waals surface area (Å²) in [7, 11) is 0. The molecular weight excluding hydrogens is 399 g/mol. The molecule has 0 aliphatic carbocycles. The largest absolute Gasteiger partial charge is 0.463 e. The summed E-state index contributed by atoms with van der Waals surface area (Å²) in [6.07, 6.45) is -1.37. The lowest BCUT2D eigenvalue weighted by molar-refractivity contribution is 0.0946. The van der Waals surface area contributed by atoms with E-state index in [1.165, 1.54) is 24.3 Å². The molecule has 8 heteroatoms. The van der Waals surface area contributed by atoms with Crippen molar-refractivity contribution >= 4 is 34.3 Å². The molecule has 4 aromatic rings. The number of rotatable bonds is 3. The predicted molar refractivity (Wildman–Crippen MR) is 116 cm³/mol. The number of hydrogen-bond donors (Lipinski definition) is 3. The monoisotopic (exact) mass is 416 g/mol. The number of amides is 2. The molecule has 2 amide bonds. The predicted octanol–water partition coefficient (Wildman–Crippen LogP) is 4.45. The highest BCUT2D eigenvalue weighted by Gasteiger charge is 2.24. The van der Waals surface area contributed by atoms with Crippen molar-refractivity contribution in [3.05, 3.63) is 90.2 Å². The SMILES string of the molecule is Nc1c(-c2ccc(F)cc2)nc2ccccc2c1C(=O)NN(C(=O)O)c1ccccc1. The van der Waals surface area contributed by atoms with E-state index in [1.54, 1.807) is 54.6 Å². The van der Waals surface area contributed by atoms with Gasteiger partial charge < -0.3 is 10.8 Å². The summed E-state index contributed by atoms with van der Waals surface area (Å²) < 4.78 is 13.4. The number of pyridine rings is 1. The highest BCUT2D eigenvalue weighted by atomic mass is 19.1. The van der Waals surface area contributed by atoms with Gasteiger partial charge in [0.2, 0.25) is 0 Å². The van der Waals surface area contributed by atoms with E-state index in [0.717, 1.165) is 0 Å². The second-order valence-corrected chi connectivity index (χ2v) is 6.67. The molecule has 1 aromatic heterocycles. The maximum atomic E-state index is 13.4. The lowest BCUT2D eigenvalue weighted by Gasteiger charge is -2.21. The standard InChI is InChI=1S/C23H17FN4O3/c24-15-12-10-14(11-13-15)21-20(25)19(17-8-4-5-9-18(17)26-21)22(29)27-28(23(30)31)16-6-2-1-3-7-16/h1-13H,25H2,(H,27,29)(H,30,31). The van der Waals surface area contributed by atoms with Crippen LogP contribution in [-0.4, -0.2) is 22.1 Å². The lowest BCUT2D eigenvalue weighted by Crippen LogP contribution is -2.46. The summed E-state index contributed by atoms with van der Waals surface area (Å²) in [5.41, 5.74) is 10.4. The van der Waals surface area contributed by atoms with Crippen molar-refractivity contribution in [3.63, 3.8) is 0 Å². The maximum Gasteiger partial charge on any atom is 0.431 e. The molecule has 1 heterocycles. The molecule has 0 saturated heterocycles. The molecule has 0 spiro atoms. The number of hydrazine groups is 1. The third-order valence-electron chi connectivity index (χ3n) is 4.69. The summed E-state index contributed by atoms with van der Waals surface area (Å²) >= 11 is 0. The maximum absolute atomic E-state index is 13.4. The normalized spacial score (nSPS) is 10.6. The minimum absolute atomic E-state index is 0.0567. The zero-order valence-electron chi connectivity index (χ0n) is 16.1. The first-order valence-electron chi connectivity index (χ1n) is 9.29. The van der Waals surface area contributed by atoms with E-state index in [4.69, 9.17) is 5.73 Å². The summed E-state index contributed by atoms with van der Waals surface area (Å²) in [4.78, 5) is 29.5. The molecule has 0 saturated carbocycles. The first-order chi connectivity index (χ1) is 15.0. The Kier molecular flexibility index (Phi) is 5.19. The molecule has 4 rings (SSSR count). The number of nitrogens with zero attached hydrogens (tertiary/aromatic N) is 2. The Labute approximate surface area is 176 Å². The van der Waals surface area contributed by atoms with Crippen LogP contribution in [0.3, 0.4) is 0 Å². The van der Waals surface area contributed by atoms with Crippen LogP contribution >= 0.6 is 0 Å². The number of carboxylic acid groups (broad SMARTS) is 1. The van der Waals surface area contributed by atoms with Gasteiger partial charge in [-0.25, -0.2) is 14.2 Å². The molecule has 0 aliphatic rings. The third-order valence-corrected chi connectivity index (χ3v) is 4.69. The van der Waals surface area contributed by atoms with Gasteiger partial charge in [0.1, 0.15) is 5.82 Å². The van der Waals surface area contributed by atoms with E-state index in [9.17, 15) is 19.1 Å². The topological polar surface area (TPSA) is 109 Å². The minimum atomic E-state index is -1.37. The van der Waals surface area contributed by atoms with E-state index in [1.807, 2.05) is 0 Å². The highest BCUT2D eigenvalue weighted by molar-refractivity contribution is 6.14. The number of hydrogen-bond acceptors (Lipinski definition) is 4. The number of carbonyl (C=O) groups excluding carboxylic acids is 1. The van der Waals surface area contributed by atoms with Crippen molar-refractivity contribution in [2.45, 2.75) is 0 Å². The Morgan fingerprint density at radius 3 is 2.26 bits per heavy atom. The van der Waals surface area contributed by atoms with Gasteiger partial charge in [-0.2, -0.15) is 5.01 Å². The molecule has 7 nitrogen and oxygen atoms in total. The smallest absolute Gasteiger partial charge is 0.431 e. The number of nitrogen functional groups attached to an aromatic ring is 1. The minimum Gasteiger partial charge on any atom is -0.463 e. The quantitative estimate of drug-likeness (QED) is 0.428. The van der Waals surface area contributed by atoms with E-state index >= 15 is 0 Å². The molecule has 0 atom stereocenters. The van der Waals surface area contributed by atoms with Gasteiger partial charge >= 0.3 is 6.09 Å². The fourth-order valence-corrected chi connectivity index (χ4v) is 3.26. The van der Waals surface area contributed by atoms with Crippen LogP contribution in [0, 0.1) is 5.82 Å². The first kappa shape index (κ1) is 19.8. The second-order valence-electron chi connectivity index (χ2n) is 6.67. The van der Waals surface area contributed by atoms with Crippen molar-refractivity contribution in [2.75, 3.05) is 10.7 Å². The van der Waals surface area contributed by atoms with Crippen LogP contribution in [-0.2, 0) is 0 Å². The summed E-state index contributed by atoms with van der Waals surface area (Å²) in [5.74, 6) is -1.13. The number of aromatic nitrogens is 1. The molecule has 3 aromatic carbocycles. The van der Waals surface area contributed by atoms with E-state index in [-0.39, 0.29) is 16.9 Å². The Balaban J connectivity index is 1.84. The number of fused-ring (bicyclic) bond motifs is 1. The van der Waals surface area contributed by atoms with Crippen molar-refractivity contribution < 1.29 is 19.1 Å². The molecule has 0 unspecified atom stereocenters. The van der Waals surface area contributed by atoms with Gasteiger partial charge in [-0.15, -0.1) is 0 Å². The summed E-state index contributed by atoms with van der Waals surface area (Å²) in [5, 5.41) is 10.8. The lowest BCUT2D eigenvalue weighted by atomic mass is 10.0. The third kappa shape index (κ3) is 3.86. The Morgan fingerprint density at radius 2 is 1.58 bits per heavy atom. The average Bonchev–Trinajstić information content (AvgIpc) is 2.78. The molecule has 4 N–H and O–H groups in total. The Hall–Kier alpha value is -4.46. The number of benzene rings is 3. The van der Waals surface area contributed by atoms with Crippen LogP contribution in [0.25, 0.3) is 22.2 Å².